The van der Waals surface area contributed by atoms with E-state index in [0.717, 1.165) is 5.56 Å². The molecule has 0 aliphatic rings. The molecule has 0 spiro atoms. The Bertz CT molecular complexity index is 482. The molecule has 2 rings (SSSR count). The first-order chi connectivity index (χ1) is 8.15. The van der Waals surface area contributed by atoms with Gasteiger partial charge in [0.2, 0.25) is 0 Å². The van der Waals surface area contributed by atoms with Crippen LogP contribution in [-0.2, 0) is 6.42 Å². The lowest BCUT2D eigenvalue weighted by atomic mass is 10.0. The molecule has 4 heteroatoms. The van der Waals surface area contributed by atoms with Crippen molar-refractivity contribution in [3.8, 4) is 0 Å². The molecule has 0 aliphatic heterocycles. The minimum absolute atomic E-state index is 0.491. The average molecular weight is 268 g/mol. The number of nitrogens with zero attached hydrogens (tertiary/aromatic N) is 1. The van der Waals surface area contributed by atoms with Crippen LogP contribution in [0.4, 0.5) is 0 Å². The Hall–Kier alpha value is -1.09. The van der Waals surface area contributed by atoms with E-state index in [2.05, 4.69) is 4.98 Å². The van der Waals surface area contributed by atoms with Crippen molar-refractivity contribution in [1.29, 1.82) is 0 Å². The normalized spacial score (nSPS) is 12.4. The van der Waals surface area contributed by atoms with Gasteiger partial charge in [-0.05, 0) is 35.4 Å². The summed E-state index contributed by atoms with van der Waals surface area (Å²) in [4.78, 5) is 4.00. The number of aromatic nitrogens is 1. The second-order valence-electron chi connectivity index (χ2n) is 3.78. The lowest BCUT2D eigenvalue weighted by Gasteiger charge is -2.11. The van der Waals surface area contributed by atoms with E-state index >= 15 is 0 Å². The Morgan fingerprint density at radius 1 is 1.18 bits per heavy atom. The minimum Gasteiger partial charge on any atom is -0.388 e. The number of hydrogen-bond donors (Lipinski definition) is 1. The molecule has 0 amide bonds. The molecular weight excluding hydrogens is 257 g/mol. The van der Waals surface area contributed by atoms with Gasteiger partial charge >= 0.3 is 0 Å². The maximum Gasteiger partial charge on any atom is 0.0831 e. The zero-order valence-corrected chi connectivity index (χ0v) is 10.5. The van der Waals surface area contributed by atoms with Crippen LogP contribution in [0.1, 0.15) is 17.2 Å². The molecule has 0 fully saturated rings. The van der Waals surface area contributed by atoms with Crippen molar-refractivity contribution >= 4 is 23.2 Å². The number of benzene rings is 1. The fraction of sp³-hybridized carbons (Fsp3) is 0.154. The van der Waals surface area contributed by atoms with Crippen molar-refractivity contribution in [3.63, 3.8) is 0 Å². The van der Waals surface area contributed by atoms with E-state index in [1.807, 2.05) is 12.1 Å². The highest BCUT2D eigenvalue weighted by atomic mass is 35.5. The summed E-state index contributed by atoms with van der Waals surface area (Å²) in [7, 11) is 0. The Balaban J connectivity index is 2.17. The van der Waals surface area contributed by atoms with E-state index in [-0.39, 0.29) is 0 Å². The molecule has 1 aromatic carbocycles. The van der Waals surface area contributed by atoms with Crippen molar-refractivity contribution in [1.82, 2.24) is 4.98 Å². The molecule has 1 N–H and O–H groups in total. The lowest BCUT2D eigenvalue weighted by molar-refractivity contribution is 0.178. The van der Waals surface area contributed by atoms with E-state index in [0.29, 0.717) is 22.0 Å². The summed E-state index contributed by atoms with van der Waals surface area (Å²) in [5.41, 5.74) is 1.68. The maximum atomic E-state index is 10.1. The zero-order chi connectivity index (χ0) is 12.3. The van der Waals surface area contributed by atoms with Gasteiger partial charge in [0.25, 0.3) is 0 Å². The molecule has 0 bridgehead atoms. The summed E-state index contributed by atoms with van der Waals surface area (Å²) in [6, 6.07) is 8.84. The Labute approximate surface area is 110 Å². The predicted molar refractivity (Wildman–Crippen MR) is 69.4 cm³/mol. The molecular formula is C13H11Cl2NO. The molecule has 0 aliphatic carbocycles. The summed E-state index contributed by atoms with van der Waals surface area (Å²) in [5.74, 6) is 0. The van der Waals surface area contributed by atoms with Gasteiger partial charge in [-0.25, -0.2) is 0 Å². The average Bonchev–Trinajstić information content (AvgIpc) is 2.29. The Morgan fingerprint density at radius 3 is 2.47 bits per heavy atom. The predicted octanol–water partition coefficient (Wildman–Crippen LogP) is 3.66. The quantitative estimate of drug-likeness (QED) is 0.921. The second kappa shape index (κ2) is 5.50. The van der Waals surface area contributed by atoms with Gasteiger partial charge in [0, 0.05) is 28.9 Å². The highest BCUT2D eigenvalue weighted by molar-refractivity contribution is 6.34. The summed E-state index contributed by atoms with van der Waals surface area (Å²) >= 11 is 11.8. The van der Waals surface area contributed by atoms with E-state index in [9.17, 15) is 5.11 Å². The summed E-state index contributed by atoms with van der Waals surface area (Å²) in [6.07, 6.45) is 3.29. The second-order valence-corrected chi connectivity index (χ2v) is 4.66. The molecule has 1 heterocycles. The van der Waals surface area contributed by atoms with Crippen LogP contribution in [0, 0.1) is 0 Å². The minimum atomic E-state index is -0.629. The van der Waals surface area contributed by atoms with Crippen LogP contribution in [0.2, 0.25) is 10.0 Å². The van der Waals surface area contributed by atoms with Crippen molar-refractivity contribution in [2.24, 2.45) is 0 Å². The Kier molecular flexibility index (Phi) is 4.00. The van der Waals surface area contributed by atoms with Gasteiger partial charge in [-0.3, -0.25) is 4.98 Å². The number of aliphatic hydroxyl groups excluding tert-OH is 1. The molecule has 1 unspecified atom stereocenters. The highest BCUT2D eigenvalue weighted by Crippen LogP contribution is 2.25. The van der Waals surface area contributed by atoms with Crippen LogP contribution in [0.15, 0.2) is 42.7 Å². The number of halogens is 2. The first-order valence-corrected chi connectivity index (χ1v) is 5.94. The maximum absolute atomic E-state index is 10.1. The summed E-state index contributed by atoms with van der Waals surface area (Å²) in [6.45, 7) is 0. The smallest absolute Gasteiger partial charge is 0.0831 e. The third kappa shape index (κ3) is 3.43. The van der Waals surface area contributed by atoms with Gasteiger partial charge in [0.05, 0.1) is 6.10 Å². The molecule has 0 saturated heterocycles. The van der Waals surface area contributed by atoms with Gasteiger partial charge in [0.1, 0.15) is 0 Å². The lowest BCUT2D eigenvalue weighted by Crippen LogP contribution is -2.02. The number of hydrogen-bond acceptors (Lipinski definition) is 2. The largest absolute Gasteiger partial charge is 0.388 e. The molecule has 0 saturated carbocycles. The van der Waals surface area contributed by atoms with Gasteiger partial charge in [0.15, 0.2) is 0 Å². The molecule has 2 aromatic rings. The van der Waals surface area contributed by atoms with Crippen molar-refractivity contribution < 1.29 is 5.11 Å². The fourth-order valence-electron chi connectivity index (χ4n) is 1.63. The van der Waals surface area contributed by atoms with E-state index in [1.54, 1.807) is 30.6 Å². The van der Waals surface area contributed by atoms with Gasteiger partial charge < -0.3 is 5.11 Å². The van der Waals surface area contributed by atoms with Crippen molar-refractivity contribution in [3.05, 3.63) is 63.9 Å². The molecule has 88 valence electrons. The highest BCUT2D eigenvalue weighted by Gasteiger charge is 2.10. The van der Waals surface area contributed by atoms with Crippen LogP contribution < -0.4 is 0 Å². The summed E-state index contributed by atoms with van der Waals surface area (Å²) < 4.78 is 0. The molecule has 1 atom stereocenters. The number of aliphatic hydroxyl groups is 1. The third-order valence-corrected chi connectivity index (χ3v) is 2.86. The first-order valence-electron chi connectivity index (χ1n) is 5.18. The first kappa shape index (κ1) is 12.4. The van der Waals surface area contributed by atoms with Crippen molar-refractivity contribution in [2.45, 2.75) is 12.5 Å². The third-order valence-electron chi connectivity index (χ3n) is 2.42. The van der Waals surface area contributed by atoms with E-state index in [4.69, 9.17) is 23.2 Å². The standard InChI is InChI=1S/C13H11Cl2NO/c14-11-5-10(6-12(15)7-11)13(17)4-9-2-1-3-16-8-9/h1-3,5-8,13,17H,4H2. The van der Waals surface area contributed by atoms with Gasteiger partial charge in [-0.2, -0.15) is 0 Å². The van der Waals surface area contributed by atoms with Crippen LogP contribution in [-0.4, -0.2) is 10.1 Å². The van der Waals surface area contributed by atoms with Crippen molar-refractivity contribution in [2.75, 3.05) is 0 Å². The van der Waals surface area contributed by atoms with Crippen LogP contribution in [0.25, 0.3) is 0 Å². The van der Waals surface area contributed by atoms with Gasteiger partial charge in [-0.15, -0.1) is 0 Å². The Morgan fingerprint density at radius 2 is 1.88 bits per heavy atom. The van der Waals surface area contributed by atoms with E-state index in [1.165, 1.54) is 0 Å². The SMILES string of the molecule is OC(Cc1cccnc1)c1cc(Cl)cc(Cl)c1. The fourth-order valence-corrected chi connectivity index (χ4v) is 2.17. The van der Waals surface area contributed by atoms with Gasteiger partial charge in [-0.1, -0.05) is 29.3 Å². The summed E-state index contributed by atoms with van der Waals surface area (Å²) in [5, 5.41) is 11.1. The van der Waals surface area contributed by atoms with Crippen LogP contribution in [0.5, 0.6) is 0 Å². The molecule has 17 heavy (non-hydrogen) atoms. The number of pyridine rings is 1. The molecule has 0 radical (unpaired) electrons. The number of rotatable bonds is 3. The van der Waals surface area contributed by atoms with Crippen LogP contribution >= 0.6 is 23.2 Å². The molecule has 1 aromatic heterocycles. The topological polar surface area (TPSA) is 33.1 Å². The zero-order valence-electron chi connectivity index (χ0n) is 8.98. The van der Waals surface area contributed by atoms with Crippen LogP contribution in [0.3, 0.4) is 0 Å². The van der Waals surface area contributed by atoms with E-state index < -0.39 is 6.10 Å². The molecule has 2 nitrogen and oxygen atoms in total. The monoisotopic (exact) mass is 267 g/mol.